The third-order valence-corrected chi connectivity index (χ3v) is 5.25. The number of hydrogen-bond donors (Lipinski definition) is 1. The van der Waals surface area contributed by atoms with E-state index in [0.717, 1.165) is 12.8 Å². The van der Waals surface area contributed by atoms with E-state index in [1.54, 1.807) is 0 Å². The number of rotatable bonds is 3. The smallest absolute Gasteiger partial charge is 0.243 e. The first kappa shape index (κ1) is 14.1. The molecular weight excluding hydrogens is 278 g/mol. The zero-order valence-electron chi connectivity index (χ0n) is 12.1. The van der Waals surface area contributed by atoms with Gasteiger partial charge >= 0.3 is 0 Å². The van der Waals surface area contributed by atoms with Crippen molar-refractivity contribution in [3.63, 3.8) is 0 Å². The fourth-order valence-corrected chi connectivity index (χ4v) is 4.25. The lowest BCUT2D eigenvalue weighted by molar-refractivity contribution is -0.117. The second kappa shape index (κ2) is 5.86. The summed E-state index contributed by atoms with van der Waals surface area (Å²) in [5.41, 5.74) is 4.06. The minimum atomic E-state index is -0.0813. The Hall–Kier alpha value is -1.87. The lowest BCUT2D eigenvalue weighted by Gasteiger charge is -2.31. The van der Waals surface area contributed by atoms with Gasteiger partial charge in [0.2, 0.25) is 5.91 Å². The number of carbonyl (C=O) groups excluding carboxylic acids is 1. The Morgan fingerprint density at radius 1 is 1.38 bits per heavy atom. The highest BCUT2D eigenvalue weighted by molar-refractivity contribution is 7.10. The molecule has 1 aliphatic carbocycles. The fourth-order valence-electron chi connectivity index (χ4n) is 3.18. The van der Waals surface area contributed by atoms with E-state index >= 15 is 0 Å². The number of benzene rings is 1. The number of fused-ring (bicyclic) bond motifs is 1. The lowest BCUT2D eigenvalue weighted by Crippen LogP contribution is -2.39. The summed E-state index contributed by atoms with van der Waals surface area (Å²) >= 11 is 1.83. The SMILES string of the molecule is C=CC(=O)N[C@@H]1Cc2ccsc2[C@@H](c2ccccc2C)C1. The van der Waals surface area contributed by atoms with E-state index in [1.165, 1.54) is 27.6 Å². The van der Waals surface area contributed by atoms with Crippen molar-refractivity contribution in [2.24, 2.45) is 0 Å². The van der Waals surface area contributed by atoms with Crippen molar-refractivity contribution in [1.82, 2.24) is 5.32 Å². The average molecular weight is 297 g/mol. The van der Waals surface area contributed by atoms with Crippen LogP contribution in [0, 0.1) is 6.92 Å². The number of hydrogen-bond acceptors (Lipinski definition) is 2. The molecule has 0 fully saturated rings. The van der Waals surface area contributed by atoms with Crippen LogP contribution in [0.2, 0.25) is 0 Å². The van der Waals surface area contributed by atoms with Crippen LogP contribution in [0.25, 0.3) is 0 Å². The normalized spacial score (nSPS) is 20.6. The summed E-state index contributed by atoms with van der Waals surface area (Å²) in [6.45, 7) is 5.70. The summed E-state index contributed by atoms with van der Waals surface area (Å²) in [6, 6.07) is 10.9. The molecule has 1 aromatic carbocycles. The van der Waals surface area contributed by atoms with E-state index in [4.69, 9.17) is 0 Å². The molecule has 0 spiro atoms. The minimum absolute atomic E-state index is 0.0813. The van der Waals surface area contributed by atoms with Gasteiger partial charge in [-0.25, -0.2) is 0 Å². The number of nitrogens with one attached hydrogen (secondary N) is 1. The standard InChI is InChI=1S/C18H19NOS/c1-3-17(20)19-14-10-13-8-9-21-18(13)16(11-14)15-7-5-4-6-12(15)2/h3-9,14,16H,1,10-11H2,2H3,(H,19,20)/t14-,16-/m1/s1. The van der Waals surface area contributed by atoms with E-state index < -0.39 is 0 Å². The average Bonchev–Trinajstić information content (AvgIpc) is 2.95. The third-order valence-electron chi connectivity index (χ3n) is 4.18. The zero-order valence-corrected chi connectivity index (χ0v) is 13.0. The molecule has 1 aromatic heterocycles. The zero-order chi connectivity index (χ0) is 14.8. The molecule has 0 saturated heterocycles. The van der Waals surface area contributed by atoms with Crippen molar-refractivity contribution >= 4 is 17.2 Å². The maximum atomic E-state index is 11.6. The highest BCUT2D eigenvalue weighted by atomic mass is 32.1. The van der Waals surface area contributed by atoms with Crippen LogP contribution < -0.4 is 5.32 Å². The van der Waals surface area contributed by atoms with Gasteiger partial charge in [-0.15, -0.1) is 11.3 Å². The summed E-state index contributed by atoms with van der Waals surface area (Å²) in [7, 11) is 0. The first-order valence-corrected chi connectivity index (χ1v) is 8.11. The van der Waals surface area contributed by atoms with Gasteiger partial charge in [0.15, 0.2) is 0 Å². The van der Waals surface area contributed by atoms with Gasteiger partial charge in [-0.2, -0.15) is 0 Å². The Bertz CT molecular complexity index is 673. The molecule has 2 atom stereocenters. The molecular formula is C18H19NOS. The summed E-state index contributed by atoms with van der Waals surface area (Å²) in [4.78, 5) is 13.1. The van der Waals surface area contributed by atoms with Crippen LogP contribution in [-0.2, 0) is 11.2 Å². The number of amides is 1. The molecule has 3 rings (SSSR count). The van der Waals surface area contributed by atoms with Crippen LogP contribution in [0.1, 0.15) is 33.9 Å². The number of carbonyl (C=O) groups is 1. The van der Waals surface area contributed by atoms with Gasteiger partial charge in [0.1, 0.15) is 0 Å². The molecule has 1 aliphatic rings. The van der Waals surface area contributed by atoms with Crippen LogP contribution in [0.15, 0.2) is 48.4 Å². The summed E-state index contributed by atoms with van der Waals surface area (Å²) in [5.74, 6) is 0.298. The maximum absolute atomic E-state index is 11.6. The molecule has 1 N–H and O–H groups in total. The van der Waals surface area contributed by atoms with Gasteiger partial charge in [0.25, 0.3) is 0 Å². The fraction of sp³-hybridized carbons (Fsp3) is 0.278. The van der Waals surface area contributed by atoms with Crippen molar-refractivity contribution in [3.8, 4) is 0 Å². The maximum Gasteiger partial charge on any atom is 0.243 e. The van der Waals surface area contributed by atoms with Crippen molar-refractivity contribution in [2.45, 2.75) is 31.7 Å². The van der Waals surface area contributed by atoms with Gasteiger partial charge in [-0.3, -0.25) is 4.79 Å². The first-order valence-electron chi connectivity index (χ1n) is 7.23. The van der Waals surface area contributed by atoms with E-state index in [-0.39, 0.29) is 11.9 Å². The molecule has 1 amide bonds. The molecule has 0 bridgehead atoms. The molecule has 0 radical (unpaired) electrons. The molecule has 2 nitrogen and oxygen atoms in total. The molecule has 2 aromatic rings. The second-order valence-corrected chi connectivity index (χ2v) is 6.52. The van der Waals surface area contributed by atoms with Gasteiger partial charge in [0.05, 0.1) is 0 Å². The Balaban J connectivity index is 1.95. The van der Waals surface area contributed by atoms with Gasteiger partial charge in [0, 0.05) is 16.8 Å². The summed E-state index contributed by atoms with van der Waals surface area (Å²) < 4.78 is 0. The first-order chi connectivity index (χ1) is 10.2. The van der Waals surface area contributed by atoms with Crippen molar-refractivity contribution < 1.29 is 4.79 Å². The molecule has 3 heteroatoms. The minimum Gasteiger partial charge on any atom is -0.349 e. The Morgan fingerprint density at radius 2 is 2.19 bits per heavy atom. The van der Waals surface area contributed by atoms with Gasteiger partial charge in [-0.05, 0) is 54.0 Å². The lowest BCUT2D eigenvalue weighted by atomic mass is 9.80. The predicted molar refractivity (Wildman–Crippen MR) is 87.8 cm³/mol. The summed E-state index contributed by atoms with van der Waals surface area (Å²) in [6.07, 6.45) is 3.23. The van der Waals surface area contributed by atoms with Gasteiger partial charge in [-0.1, -0.05) is 30.8 Å². The van der Waals surface area contributed by atoms with E-state index in [9.17, 15) is 4.79 Å². The Labute approximate surface area is 129 Å². The summed E-state index contributed by atoms with van der Waals surface area (Å²) in [5, 5.41) is 5.23. The molecule has 108 valence electrons. The third kappa shape index (κ3) is 2.79. The van der Waals surface area contributed by atoms with Crippen molar-refractivity contribution in [3.05, 3.63) is 69.9 Å². The number of aryl methyl sites for hydroxylation is 1. The monoisotopic (exact) mass is 297 g/mol. The molecule has 0 aliphatic heterocycles. The molecule has 0 unspecified atom stereocenters. The Kier molecular flexibility index (Phi) is 3.93. The van der Waals surface area contributed by atoms with Crippen molar-refractivity contribution in [1.29, 1.82) is 0 Å². The van der Waals surface area contributed by atoms with Crippen LogP contribution in [0.5, 0.6) is 0 Å². The highest BCUT2D eigenvalue weighted by Crippen LogP contribution is 2.40. The van der Waals surface area contributed by atoms with Crippen LogP contribution in [0.3, 0.4) is 0 Å². The van der Waals surface area contributed by atoms with Gasteiger partial charge < -0.3 is 5.32 Å². The van der Waals surface area contributed by atoms with E-state index in [0.29, 0.717) is 5.92 Å². The van der Waals surface area contributed by atoms with Crippen molar-refractivity contribution in [2.75, 3.05) is 0 Å². The topological polar surface area (TPSA) is 29.1 Å². The largest absolute Gasteiger partial charge is 0.349 e. The van der Waals surface area contributed by atoms with Crippen LogP contribution >= 0.6 is 11.3 Å². The molecule has 1 heterocycles. The Morgan fingerprint density at radius 3 is 2.95 bits per heavy atom. The second-order valence-electron chi connectivity index (χ2n) is 5.57. The predicted octanol–water partition coefficient (Wildman–Crippen LogP) is 3.81. The molecule has 21 heavy (non-hydrogen) atoms. The van der Waals surface area contributed by atoms with E-state index in [1.807, 2.05) is 11.3 Å². The van der Waals surface area contributed by atoms with E-state index in [2.05, 4.69) is 54.5 Å². The van der Waals surface area contributed by atoms with Crippen LogP contribution in [-0.4, -0.2) is 11.9 Å². The van der Waals surface area contributed by atoms with Crippen LogP contribution in [0.4, 0.5) is 0 Å². The number of thiophene rings is 1. The quantitative estimate of drug-likeness (QED) is 0.858. The highest BCUT2D eigenvalue weighted by Gasteiger charge is 2.30. The molecule has 0 saturated carbocycles.